The van der Waals surface area contributed by atoms with Crippen molar-refractivity contribution >= 4 is 15.9 Å². The van der Waals surface area contributed by atoms with Crippen LogP contribution >= 0.6 is 15.9 Å². The Hall–Kier alpha value is -0.740. The van der Waals surface area contributed by atoms with Gasteiger partial charge >= 0.3 is 0 Å². The van der Waals surface area contributed by atoms with Gasteiger partial charge in [0.05, 0.1) is 0 Å². The maximum absolute atomic E-state index is 5.31. The molecule has 0 nitrogen and oxygen atoms in total. The average Bonchev–Trinajstić information content (AvgIpc) is 2.14. The lowest BCUT2D eigenvalue weighted by Crippen LogP contribution is -1.93. The Morgan fingerprint density at radius 3 is 2.92 bits per heavy atom. The maximum atomic E-state index is 5.31. The summed E-state index contributed by atoms with van der Waals surface area (Å²) in [4.78, 5) is 0. The lowest BCUT2D eigenvalue weighted by atomic mass is 10.0. The van der Waals surface area contributed by atoms with Crippen molar-refractivity contribution in [3.05, 3.63) is 34.3 Å². The summed E-state index contributed by atoms with van der Waals surface area (Å²) in [7, 11) is 0. The second-order valence-electron chi connectivity index (χ2n) is 3.24. The smallest absolute Gasteiger partial charge is 0.0177 e. The molecule has 13 heavy (non-hydrogen) atoms. The van der Waals surface area contributed by atoms with Crippen molar-refractivity contribution in [2.75, 3.05) is 0 Å². The first-order valence-electron chi connectivity index (χ1n) is 4.43. The van der Waals surface area contributed by atoms with E-state index < -0.39 is 0 Å². The molecule has 0 aromatic heterocycles. The Morgan fingerprint density at radius 1 is 1.54 bits per heavy atom. The second-order valence-corrected chi connectivity index (χ2v) is 4.15. The van der Waals surface area contributed by atoms with Gasteiger partial charge in [0, 0.05) is 10.4 Å². The Bertz CT molecular complexity index is 309. The van der Waals surface area contributed by atoms with E-state index >= 15 is 0 Å². The molecule has 0 heterocycles. The van der Waals surface area contributed by atoms with Crippen molar-refractivity contribution in [1.29, 1.82) is 0 Å². The third kappa shape index (κ3) is 3.65. The summed E-state index contributed by atoms with van der Waals surface area (Å²) >= 11 is 3.45. The zero-order chi connectivity index (χ0) is 9.68. The molecule has 1 unspecified atom stereocenters. The number of hydrogen-bond acceptors (Lipinski definition) is 0. The molecule has 0 fully saturated rings. The summed E-state index contributed by atoms with van der Waals surface area (Å²) in [6.45, 7) is 2.08. The number of aryl methyl sites for hydroxylation is 1. The molecule has 1 aromatic rings. The number of terminal acetylenes is 1. The monoisotopic (exact) mass is 236 g/mol. The fourth-order valence-corrected chi connectivity index (χ4v) is 1.61. The largest absolute Gasteiger partial charge is 0.120 e. The van der Waals surface area contributed by atoms with E-state index in [-0.39, 0.29) is 0 Å². The Balaban J connectivity index is 2.51. The summed E-state index contributed by atoms with van der Waals surface area (Å²) in [6, 6.07) is 8.37. The van der Waals surface area contributed by atoms with Crippen molar-refractivity contribution in [3.63, 3.8) is 0 Å². The normalized spacial score (nSPS) is 12.1. The number of hydrogen-bond donors (Lipinski definition) is 0. The highest BCUT2D eigenvalue weighted by Crippen LogP contribution is 2.14. The number of rotatable bonds is 3. The minimum absolute atomic E-state index is 0.374. The van der Waals surface area contributed by atoms with Crippen LogP contribution in [0.1, 0.15) is 18.9 Å². The summed E-state index contributed by atoms with van der Waals surface area (Å²) < 4.78 is 1.14. The van der Waals surface area contributed by atoms with Gasteiger partial charge in [-0.15, -0.1) is 12.3 Å². The van der Waals surface area contributed by atoms with Crippen molar-refractivity contribution in [3.8, 4) is 12.3 Å². The Morgan fingerprint density at radius 2 is 2.31 bits per heavy atom. The van der Waals surface area contributed by atoms with Crippen molar-refractivity contribution in [2.24, 2.45) is 5.92 Å². The van der Waals surface area contributed by atoms with Gasteiger partial charge in [0.1, 0.15) is 0 Å². The summed E-state index contributed by atoms with van der Waals surface area (Å²) in [5, 5.41) is 0. The molecule has 0 radical (unpaired) electrons. The van der Waals surface area contributed by atoms with Crippen LogP contribution in [-0.2, 0) is 6.42 Å². The molecule has 0 aliphatic carbocycles. The highest BCUT2D eigenvalue weighted by Gasteiger charge is 1.98. The van der Waals surface area contributed by atoms with Crippen LogP contribution in [0.25, 0.3) is 0 Å². The molecule has 1 atom stereocenters. The first-order chi connectivity index (χ1) is 6.22. The van der Waals surface area contributed by atoms with Gasteiger partial charge in [0.25, 0.3) is 0 Å². The minimum atomic E-state index is 0.374. The molecule has 1 heteroatoms. The predicted molar refractivity (Wildman–Crippen MR) is 60.5 cm³/mol. The molecule has 1 aromatic carbocycles. The van der Waals surface area contributed by atoms with Gasteiger partial charge in [0.2, 0.25) is 0 Å². The standard InChI is InChI=1S/C12H13Br/c1-3-10(2)7-8-11-5-4-6-12(13)9-11/h1,4-6,9-10H,7-8H2,2H3. The summed E-state index contributed by atoms with van der Waals surface area (Å²) in [6.07, 6.45) is 7.43. The fraction of sp³-hybridized carbons (Fsp3) is 0.333. The van der Waals surface area contributed by atoms with Crippen LogP contribution in [0.3, 0.4) is 0 Å². The van der Waals surface area contributed by atoms with Gasteiger partial charge in [-0.25, -0.2) is 0 Å². The average molecular weight is 237 g/mol. The molecule has 0 amide bonds. The maximum Gasteiger partial charge on any atom is 0.0177 e. The van der Waals surface area contributed by atoms with Gasteiger partial charge in [-0.3, -0.25) is 0 Å². The van der Waals surface area contributed by atoms with Crippen LogP contribution in [0.5, 0.6) is 0 Å². The Labute approximate surface area is 88.5 Å². The van der Waals surface area contributed by atoms with E-state index in [0.29, 0.717) is 5.92 Å². The molecule has 0 spiro atoms. The lowest BCUT2D eigenvalue weighted by molar-refractivity contribution is 0.668. The minimum Gasteiger partial charge on any atom is -0.120 e. The molecule has 68 valence electrons. The van der Waals surface area contributed by atoms with E-state index in [4.69, 9.17) is 6.42 Å². The quantitative estimate of drug-likeness (QED) is 0.704. The van der Waals surface area contributed by atoms with Gasteiger partial charge in [0.15, 0.2) is 0 Å². The second kappa shape index (κ2) is 5.09. The summed E-state index contributed by atoms with van der Waals surface area (Å²) in [5.74, 6) is 3.11. The van der Waals surface area contributed by atoms with Crippen molar-refractivity contribution in [2.45, 2.75) is 19.8 Å². The zero-order valence-electron chi connectivity index (χ0n) is 7.76. The molecule has 0 bridgehead atoms. The van der Waals surface area contributed by atoms with E-state index in [2.05, 4.69) is 47.0 Å². The molecule has 0 N–H and O–H groups in total. The highest BCUT2D eigenvalue weighted by molar-refractivity contribution is 9.10. The topological polar surface area (TPSA) is 0 Å². The summed E-state index contributed by atoms with van der Waals surface area (Å²) in [5.41, 5.74) is 1.34. The Kier molecular flexibility index (Phi) is 4.05. The molecule has 0 saturated carbocycles. The van der Waals surface area contributed by atoms with Crippen LogP contribution in [0.4, 0.5) is 0 Å². The third-order valence-corrected chi connectivity index (χ3v) is 2.53. The van der Waals surface area contributed by atoms with Crippen LogP contribution in [-0.4, -0.2) is 0 Å². The molecular weight excluding hydrogens is 224 g/mol. The fourth-order valence-electron chi connectivity index (χ4n) is 1.16. The van der Waals surface area contributed by atoms with E-state index in [0.717, 1.165) is 17.3 Å². The third-order valence-electron chi connectivity index (χ3n) is 2.04. The predicted octanol–water partition coefficient (Wildman–Crippen LogP) is 3.65. The van der Waals surface area contributed by atoms with Gasteiger partial charge in [-0.2, -0.15) is 0 Å². The zero-order valence-corrected chi connectivity index (χ0v) is 9.34. The SMILES string of the molecule is C#CC(C)CCc1cccc(Br)c1. The first-order valence-corrected chi connectivity index (χ1v) is 5.22. The molecule has 0 aliphatic heterocycles. The molecular formula is C12H13Br. The van der Waals surface area contributed by atoms with Gasteiger partial charge < -0.3 is 0 Å². The van der Waals surface area contributed by atoms with E-state index in [1.807, 2.05) is 6.07 Å². The van der Waals surface area contributed by atoms with Crippen LogP contribution < -0.4 is 0 Å². The van der Waals surface area contributed by atoms with Crippen molar-refractivity contribution in [1.82, 2.24) is 0 Å². The van der Waals surface area contributed by atoms with Crippen LogP contribution in [0.15, 0.2) is 28.7 Å². The molecule has 1 rings (SSSR count). The van der Waals surface area contributed by atoms with Crippen molar-refractivity contribution < 1.29 is 0 Å². The van der Waals surface area contributed by atoms with Gasteiger partial charge in [-0.1, -0.05) is 35.0 Å². The van der Waals surface area contributed by atoms with E-state index in [9.17, 15) is 0 Å². The van der Waals surface area contributed by atoms with Gasteiger partial charge in [-0.05, 0) is 30.5 Å². The van der Waals surface area contributed by atoms with E-state index in [1.54, 1.807) is 0 Å². The first kappa shape index (κ1) is 10.3. The van der Waals surface area contributed by atoms with E-state index in [1.165, 1.54) is 5.56 Å². The lowest BCUT2D eigenvalue weighted by Gasteiger charge is -2.04. The van der Waals surface area contributed by atoms with Crippen LogP contribution in [0, 0.1) is 18.3 Å². The molecule has 0 saturated heterocycles. The van der Waals surface area contributed by atoms with Crippen LogP contribution in [0.2, 0.25) is 0 Å². The molecule has 0 aliphatic rings. The number of halogens is 1. The highest BCUT2D eigenvalue weighted by atomic mass is 79.9. The number of benzene rings is 1.